The molecule has 0 aromatic carbocycles. The van der Waals surface area contributed by atoms with E-state index in [-0.39, 0.29) is 23.6 Å². The lowest BCUT2D eigenvalue weighted by atomic mass is 9.88. The number of nitrogens with zero attached hydrogens (tertiary/aromatic N) is 3. The van der Waals surface area contributed by atoms with E-state index in [2.05, 4.69) is 30.7 Å². The summed E-state index contributed by atoms with van der Waals surface area (Å²) >= 11 is 0. The van der Waals surface area contributed by atoms with E-state index >= 15 is 0 Å². The number of pyridine rings is 1. The summed E-state index contributed by atoms with van der Waals surface area (Å²) in [6, 6.07) is 7.07. The maximum absolute atomic E-state index is 12.6. The maximum Gasteiger partial charge on any atom is 0.257 e. The molecular formula is C18H23N3O3. The van der Waals surface area contributed by atoms with Gasteiger partial charge < -0.3 is 9.47 Å². The Morgan fingerprint density at radius 2 is 2.21 bits per heavy atom. The fourth-order valence-electron chi connectivity index (χ4n) is 2.93. The zero-order chi connectivity index (χ0) is 17.2. The molecule has 128 valence electrons. The van der Waals surface area contributed by atoms with Crippen molar-refractivity contribution in [1.29, 1.82) is 0 Å². The normalized spacial score (nSPS) is 17.4. The van der Waals surface area contributed by atoms with Gasteiger partial charge in [-0.2, -0.15) is 4.98 Å². The molecule has 3 rings (SSSR count). The van der Waals surface area contributed by atoms with Crippen molar-refractivity contribution < 1.29 is 9.47 Å². The lowest BCUT2D eigenvalue weighted by Gasteiger charge is -2.32. The Balaban J connectivity index is 1.81. The molecule has 0 spiro atoms. The van der Waals surface area contributed by atoms with E-state index in [1.165, 1.54) is 6.07 Å². The first kappa shape index (κ1) is 16.6. The number of hydrogen-bond acceptors (Lipinski definition) is 5. The Hall–Kier alpha value is -2.21. The van der Waals surface area contributed by atoms with Crippen molar-refractivity contribution in [2.45, 2.75) is 46.4 Å². The largest absolute Gasteiger partial charge is 0.471 e. The van der Waals surface area contributed by atoms with Gasteiger partial charge in [0.15, 0.2) is 0 Å². The third kappa shape index (κ3) is 4.00. The molecule has 2 aromatic rings. The molecule has 6 nitrogen and oxygen atoms in total. The van der Waals surface area contributed by atoms with Gasteiger partial charge in [0.1, 0.15) is 19.0 Å². The Morgan fingerprint density at radius 1 is 1.38 bits per heavy atom. The van der Waals surface area contributed by atoms with Crippen LogP contribution in [0.3, 0.4) is 0 Å². The molecule has 1 aliphatic rings. The lowest BCUT2D eigenvalue weighted by molar-refractivity contribution is 0.0361. The molecule has 0 unspecified atom stereocenters. The van der Waals surface area contributed by atoms with Crippen LogP contribution in [0.4, 0.5) is 0 Å². The highest BCUT2D eigenvalue weighted by Gasteiger charge is 2.27. The van der Waals surface area contributed by atoms with Crippen molar-refractivity contribution in [3.05, 3.63) is 52.3 Å². The van der Waals surface area contributed by atoms with Gasteiger partial charge >= 0.3 is 0 Å². The highest BCUT2D eigenvalue weighted by Crippen LogP contribution is 2.30. The van der Waals surface area contributed by atoms with Crippen molar-refractivity contribution >= 4 is 0 Å². The number of aromatic nitrogens is 3. The Morgan fingerprint density at radius 3 is 2.92 bits per heavy atom. The van der Waals surface area contributed by atoms with E-state index in [1.54, 1.807) is 10.8 Å². The fraction of sp³-hybridized carbons (Fsp3) is 0.500. The van der Waals surface area contributed by atoms with E-state index < -0.39 is 0 Å². The highest BCUT2D eigenvalue weighted by atomic mass is 16.5. The molecule has 0 saturated heterocycles. The quantitative estimate of drug-likeness (QED) is 0.863. The predicted molar refractivity (Wildman–Crippen MR) is 89.8 cm³/mol. The Kier molecular flexibility index (Phi) is 4.66. The first-order valence-electron chi connectivity index (χ1n) is 8.15. The van der Waals surface area contributed by atoms with E-state index in [4.69, 9.17) is 9.47 Å². The van der Waals surface area contributed by atoms with Gasteiger partial charge in [-0.15, -0.1) is 0 Å². The molecule has 0 aliphatic carbocycles. The second-order valence-electron chi connectivity index (χ2n) is 7.26. The summed E-state index contributed by atoms with van der Waals surface area (Å²) in [5.74, 6) is 0.941. The molecule has 1 aliphatic heterocycles. The third-order valence-electron chi connectivity index (χ3n) is 3.85. The molecule has 2 aromatic heterocycles. The van der Waals surface area contributed by atoms with E-state index in [0.717, 1.165) is 12.1 Å². The van der Waals surface area contributed by atoms with Gasteiger partial charge in [0, 0.05) is 6.20 Å². The standard InChI is InChI=1S/C18H23N3O3/c1-18(2,3)9-14-11-23-12-15-20-16(8-17(22)21(14)15)24-10-13-6-4-5-7-19-13/h4-8,14H,9-12H2,1-3H3/t14-/m1/s1. The van der Waals surface area contributed by atoms with Crippen LogP contribution in [-0.4, -0.2) is 21.1 Å². The smallest absolute Gasteiger partial charge is 0.257 e. The molecule has 0 fully saturated rings. The van der Waals surface area contributed by atoms with Crippen LogP contribution in [0.1, 0.15) is 44.8 Å². The van der Waals surface area contributed by atoms with Crippen LogP contribution >= 0.6 is 0 Å². The predicted octanol–water partition coefficient (Wildman–Crippen LogP) is 2.72. The second-order valence-corrected chi connectivity index (χ2v) is 7.26. The Labute approximate surface area is 141 Å². The van der Waals surface area contributed by atoms with Crippen LogP contribution in [0.15, 0.2) is 35.3 Å². The summed E-state index contributed by atoms with van der Waals surface area (Å²) in [5, 5.41) is 0. The summed E-state index contributed by atoms with van der Waals surface area (Å²) in [6.07, 6.45) is 2.56. The molecule has 24 heavy (non-hydrogen) atoms. The zero-order valence-electron chi connectivity index (χ0n) is 14.4. The van der Waals surface area contributed by atoms with Crippen LogP contribution in [0.25, 0.3) is 0 Å². The minimum atomic E-state index is -0.0893. The average molecular weight is 329 g/mol. The minimum absolute atomic E-state index is 0.0126. The van der Waals surface area contributed by atoms with Crippen LogP contribution in [-0.2, 0) is 18.0 Å². The molecule has 0 bridgehead atoms. The topological polar surface area (TPSA) is 66.2 Å². The number of fused-ring (bicyclic) bond motifs is 1. The van der Waals surface area contributed by atoms with Gasteiger partial charge in [-0.3, -0.25) is 14.3 Å². The van der Waals surface area contributed by atoms with Crippen LogP contribution < -0.4 is 10.3 Å². The second kappa shape index (κ2) is 6.73. The fourth-order valence-corrected chi connectivity index (χ4v) is 2.93. The van der Waals surface area contributed by atoms with Gasteiger partial charge in [-0.1, -0.05) is 26.8 Å². The van der Waals surface area contributed by atoms with Crippen molar-refractivity contribution in [3.8, 4) is 5.88 Å². The van der Waals surface area contributed by atoms with E-state index in [9.17, 15) is 4.79 Å². The molecule has 1 atom stereocenters. The van der Waals surface area contributed by atoms with Gasteiger partial charge in [-0.25, -0.2) is 0 Å². The van der Waals surface area contributed by atoms with E-state index in [1.807, 2.05) is 18.2 Å². The molecule has 0 N–H and O–H groups in total. The number of rotatable bonds is 4. The summed E-state index contributed by atoms with van der Waals surface area (Å²) in [5.41, 5.74) is 0.809. The molecule has 0 saturated carbocycles. The number of hydrogen-bond donors (Lipinski definition) is 0. The lowest BCUT2D eigenvalue weighted by Crippen LogP contribution is -2.37. The van der Waals surface area contributed by atoms with Crippen LogP contribution in [0.5, 0.6) is 5.88 Å². The first-order chi connectivity index (χ1) is 11.4. The third-order valence-corrected chi connectivity index (χ3v) is 3.85. The molecule has 0 amide bonds. The summed E-state index contributed by atoms with van der Waals surface area (Å²) in [7, 11) is 0. The average Bonchev–Trinajstić information content (AvgIpc) is 2.52. The minimum Gasteiger partial charge on any atom is -0.471 e. The molecule has 6 heteroatoms. The summed E-state index contributed by atoms with van der Waals surface area (Å²) in [6.45, 7) is 7.62. The van der Waals surface area contributed by atoms with Gasteiger partial charge in [-0.05, 0) is 24.0 Å². The zero-order valence-corrected chi connectivity index (χ0v) is 14.4. The van der Waals surface area contributed by atoms with Crippen molar-refractivity contribution in [3.63, 3.8) is 0 Å². The Bertz CT molecular complexity index is 750. The van der Waals surface area contributed by atoms with Crippen LogP contribution in [0, 0.1) is 5.41 Å². The highest BCUT2D eigenvalue weighted by molar-refractivity contribution is 5.13. The molecular weight excluding hydrogens is 306 g/mol. The summed E-state index contributed by atoms with van der Waals surface area (Å²) < 4.78 is 13.0. The van der Waals surface area contributed by atoms with Crippen molar-refractivity contribution in [2.24, 2.45) is 5.41 Å². The van der Waals surface area contributed by atoms with Gasteiger partial charge in [0.05, 0.1) is 24.4 Å². The first-order valence-corrected chi connectivity index (χ1v) is 8.15. The summed E-state index contributed by atoms with van der Waals surface area (Å²) in [4.78, 5) is 21.2. The van der Waals surface area contributed by atoms with Gasteiger partial charge in [0.25, 0.3) is 5.56 Å². The van der Waals surface area contributed by atoms with Gasteiger partial charge in [0.2, 0.25) is 5.88 Å². The van der Waals surface area contributed by atoms with Crippen molar-refractivity contribution in [1.82, 2.24) is 14.5 Å². The monoisotopic (exact) mass is 329 g/mol. The van der Waals surface area contributed by atoms with Crippen molar-refractivity contribution in [2.75, 3.05) is 6.61 Å². The molecule has 0 radical (unpaired) electrons. The maximum atomic E-state index is 12.6. The SMILES string of the molecule is CC(C)(C)C[C@@H]1COCc2nc(OCc3ccccn3)cc(=O)n21. The van der Waals surface area contributed by atoms with E-state index in [0.29, 0.717) is 24.9 Å². The molecule has 3 heterocycles. The number of ether oxygens (including phenoxy) is 2. The van der Waals surface area contributed by atoms with Crippen LogP contribution in [0.2, 0.25) is 0 Å².